The number of hydrogen-bond acceptors (Lipinski definition) is 8. The maximum atomic E-state index is 11.0. The molecule has 0 fully saturated rings. The van der Waals surface area contributed by atoms with E-state index in [9.17, 15) is 8.42 Å². The highest BCUT2D eigenvalue weighted by molar-refractivity contribution is 7.90. The Morgan fingerprint density at radius 2 is 2.16 bits per heavy atom. The van der Waals surface area contributed by atoms with Gasteiger partial charge in [-0.2, -0.15) is 15.0 Å². The van der Waals surface area contributed by atoms with E-state index >= 15 is 0 Å². The van der Waals surface area contributed by atoms with Crippen molar-refractivity contribution < 1.29 is 8.42 Å². The van der Waals surface area contributed by atoms with Crippen LogP contribution in [0.4, 0.5) is 11.9 Å². The number of nitrogen functional groups attached to an aromatic ring is 1. The second-order valence-corrected chi connectivity index (χ2v) is 6.10. The van der Waals surface area contributed by atoms with Crippen molar-refractivity contribution in [3.05, 3.63) is 18.7 Å². The number of aromatic nitrogens is 5. The molecule has 3 N–H and O–H groups in total. The summed E-state index contributed by atoms with van der Waals surface area (Å²) in [5.74, 6) is 0.561. The summed E-state index contributed by atoms with van der Waals surface area (Å²) in [6, 6.07) is 0. The summed E-state index contributed by atoms with van der Waals surface area (Å²) in [7, 11) is -3.04. The molecule has 0 aliphatic carbocycles. The highest BCUT2D eigenvalue weighted by atomic mass is 32.2. The fourth-order valence-electron chi connectivity index (χ4n) is 1.30. The third-order valence-electron chi connectivity index (χ3n) is 2.13. The van der Waals surface area contributed by atoms with Gasteiger partial charge in [-0.05, 0) is 0 Å². The molecular formula is C9H13N7O2S. The summed E-state index contributed by atoms with van der Waals surface area (Å²) >= 11 is 0. The van der Waals surface area contributed by atoms with Crippen LogP contribution in [0, 0.1) is 0 Å². The van der Waals surface area contributed by atoms with Crippen molar-refractivity contribution in [3.8, 4) is 5.95 Å². The zero-order valence-corrected chi connectivity index (χ0v) is 11.0. The maximum absolute atomic E-state index is 11.0. The summed E-state index contributed by atoms with van der Waals surface area (Å²) in [5.41, 5.74) is 5.57. The normalized spacial score (nSPS) is 11.4. The van der Waals surface area contributed by atoms with E-state index in [0.29, 0.717) is 5.95 Å². The van der Waals surface area contributed by atoms with Crippen molar-refractivity contribution in [3.63, 3.8) is 0 Å². The van der Waals surface area contributed by atoms with E-state index in [1.165, 1.54) is 6.33 Å². The second kappa shape index (κ2) is 5.18. The van der Waals surface area contributed by atoms with Gasteiger partial charge in [-0.1, -0.05) is 0 Å². The number of imidazole rings is 1. The molecule has 0 atom stereocenters. The number of hydrogen-bond donors (Lipinski definition) is 2. The molecular weight excluding hydrogens is 270 g/mol. The van der Waals surface area contributed by atoms with Crippen LogP contribution in [0.15, 0.2) is 18.7 Å². The number of anilines is 2. The van der Waals surface area contributed by atoms with Gasteiger partial charge in [-0.15, -0.1) is 0 Å². The molecule has 9 nitrogen and oxygen atoms in total. The zero-order valence-electron chi connectivity index (χ0n) is 10.2. The number of sulfone groups is 1. The number of nitrogens with two attached hydrogens (primary N) is 1. The lowest BCUT2D eigenvalue weighted by atomic mass is 10.7. The van der Waals surface area contributed by atoms with Crippen LogP contribution in [0.5, 0.6) is 0 Å². The van der Waals surface area contributed by atoms with E-state index < -0.39 is 9.84 Å². The van der Waals surface area contributed by atoms with Crippen molar-refractivity contribution in [2.45, 2.75) is 0 Å². The standard InChI is InChI=1S/C9H13N7O2S/c1-19(17,18)5-3-12-8-13-7(10)14-9(15-8)16-4-2-11-6-16/h2,4,6H,3,5H2,1H3,(H3,10,12,13,14,15). The molecule has 2 rings (SSSR count). The van der Waals surface area contributed by atoms with Gasteiger partial charge in [0.15, 0.2) is 0 Å². The first-order valence-electron chi connectivity index (χ1n) is 5.35. The molecule has 0 saturated carbocycles. The van der Waals surface area contributed by atoms with Gasteiger partial charge in [0.05, 0.1) is 5.75 Å². The van der Waals surface area contributed by atoms with Crippen LogP contribution in [0.3, 0.4) is 0 Å². The molecule has 2 aromatic rings. The molecule has 2 heterocycles. The molecule has 0 saturated heterocycles. The molecule has 0 aliphatic heterocycles. The van der Waals surface area contributed by atoms with E-state index in [-0.39, 0.29) is 24.2 Å². The fraction of sp³-hybridized carbons (Fsp3) is 0.333. The third-order valence-corrected chi connectivity index (χ3v) is 3.08. The molecule has 0 unspecified atom stereocenters. The molecule has 19 heavy (non-hydrogen) atoms. The van der Waals surface area contributed by atoms with Crippen LogP contribution in [0.2, 0.25) is 0 Å². The van der Waals surface area contributed by atoms with E-state index in [1.807, 2.05) is 0 Å². The SMILES string of the molecule is CS(=O)(=O)CCNc1nc(N)nc(-n2ccnc2)n1. The Hall–Kier alpha value is -2.23. The average Bonchev–Trinajstić information content (AvgIpc) is 2.79. The Balaban J connectivity index is 2.14. The molecule has 0 amide bonds. The second-order valence-electron chi connectivity index (χ2n) is 3.84. The topological polar surface area (TPSA) is 129 Å². The van der Waals surface area contributed by atoms with Crippen molar-refractivity contribution in [2.24, 2.45) is 0 Å². The van der Waals surface area contributed by atoms with Crippen LogP contribution in [0.1, 0.15) is 0 Å². The van der Waals surface area contributed by atoms with E-state index in [1.54, 1.807) is 17.0 Å². The minimum absolute atomic E-state index is 0.0149. The summed E-state index contributed by atoms with van der Waals surface area (Å²) in [4.78, 5) is 15.8. The highest BCUT2D eigenvalue weighted by Crippen LogP contribution is 2.06. The predicted octanol–water partition coefficient (Wildman–Crippen LogP) is -0.904. The minimum atomic E-state index is -3.04. The van der Waals surface area contributed by atoms with Gasteiger partial charge < -0.3 is 11.1 Å². The Morgan fingerprint density at radius 1 is 1.37 bits per heavy atom. The van der Waals surface area contributed by atoms with Gasteiger partial charge in [-0.3, -0.25) is 4.57 Å². The largest absolute Gasteiger partial charge is 0.368 e. The lowest BCUT2D eigenvalue weighted by Gasteiger charge is -2.06. The van der Waals surface area contributed by atoms with Gasteiger partial charge in [0.25, 0.3) is 0 Å². The van der Waals surface area contributed by atoms with Gasteiger partial charge in [-0.25, -0.2) is 13.4 Å². The molecule has 0 spiro atoms. The Bertz CT molecular complexity index is 653. The van der Waals surface area contributed by atoms with Crippen LogP contribution in [-0.2, 0) is 9.84 Å². The number of nitrogens with one attached hydrogen (secondary N) is 1. The summed E-state index contributed by atoms with van der Waals surface area (Å²) in [6.45, 7) is 0.200. The monoisotopic (exact) mass is 283 g/mol. The predicted molar refractivity (Wildman–Crippen MR) is 69.6 cm³/mol. The molecule has 102 valence electrons. The molecule has 10 heteroatoms. The Morgan fingerprint density at radius 3 is 2.79 bits per heavy atom. The average molecular weight is 283 g/mol. The quantitative estimate of drug-likeness (QED) is 0.722. The first kappa shape index (κ1) is 13.2. The van der Waals surface area contributed by atoms with Crippen LogP contribution >= 0.6 is 0 Å². The fourth-order valence-corrected chi connectivity index (χ4v) is 1.77. The zero-order chi connectivity index (χ0) is 13.9. The van der Waals surface area contributed by atoms with Crippen molar-refractivity contribution in [1.82, 2.24) is 24.5 Å². The van der Waals surface area contributed by atoms with Gasteiger partial charge in [0.1, 0.15) is 16.2 Å². The molecule has 0 bridgehead atoms. The Labute approximate surface area is 109 Å². The lowest BCUT2D eigenvalue weighted by Crippen LogP contribution is -2.17. The first-order chi connectivity index (χ1) is 8.94. The van der Waals surface area contributed by atoms with Gasteiger partial charge >= 0.3 is 0 Å². The molecule has 2 aromatic heterocycles. The van der Waals surface area contributed by atoms with E-state index in [2.05, 4.69) is 25.3 Å². The molecule has 0 aromatic carbocycles. The molecule has 0 radical (unpaired) electrons. The summed E-state index contributed by atoms with van der Waals surface area (Å²) in [6.07, 6.45) is 5.92. The first-order valence-corrected chi connectivity index (χ1v) is 7.41. The van der Waals surface area contributed by atoms with Crippen LogP contribution in [-0.4, -0.2) is 51.5 Å². The molecule has 0 aliphatic rings. The van der Waals surface area contributed by atoms with Gasteiger partial charge in [0, 0.05) is 25.2 Å². The highest BCUT2D eigenvalue weighted by Gasteiger charge is 2.07. The van der Waals surface area contributed by atoms with Gasteiger partial charge in [0.2, 0.25) is 17.8 Å². The minimum Gasteiger partial charge on any atom is -0.368 e. The van der Waals surface area contributed by atoms with E-state index in [0.717, 1.165) is 6.26 Å². The number of rotatable bonds is 5. The summed E-state index contributed by atoms with van der Waals surface area (Å²) < 4.78 is 23.6. The Kier molecular flexibility index (Phi) is 3.60. The van der Waals surface area contributed by atoms with Crippen molar-refractivity contribution >= 4 is 21.7 Å². The number of nitrogens with zero attached hydrogens (tertiary/aromatic N) is 5. The van der Waals surface area contributed by atoms with Crippen LogP contribution in [0.25, 0.3) is 5.95 Å². The van der Waals surface area contributed by atoms with Crippen molar-refractivity contribution in [2.75, 3.05) is 29.6 Å². The van der Waals surface area contributed by atoms with E-state index in [4.69, 9.17) is 5.73 Å². The third kappa shape index (κ3) is 3.88. The smallest absolute Gasteiger partial charge is 0.241 e. The maximum Gasteiger partial charge on any atom is 0.241 e. The van der Waals surface area contributed by atoms with Crippen molar-refractivity contribution in [1.29, 1.82) is 0 Å². The van der Waals surface area contributed by atoms with Crippen LogP contribution < -0.4 is 11.1 Å². The summed E-state index contributed by atoms with van der Waals surface area (Å²) in [5, 5.41) is 2.79. The lowest BCUT2D eigenvalue weighted by molar-refractivity contribution is 0.602.